The first kappa shape index (κ1) is 14.4. The fourth-order valence-electron chi connectivity index (χ4n) is 3.50. The summed E-state index contributed by atoms with van der Waals surface area (Å²) in [7, 11) is 0. The zero-order valence-corrected chi connectivity index (χ0v) is 12.9. The SMILES string of the molecule is Cc1cc(=O)c(C2CCC(C(C)(C)C)CC2)c(C)o1. The Bertz CT molecular complexity index is 497. The van der Waals surface area contributed by atoms with Crippen molar-refractivity contribution < 1.29 is 4.42 Å². The van der Waals surface area contributed by atoms with Gasteiger partial charge < -0.3 is 4.42 Å². The first-order valence-corrected chi connectivity index (χ1v) is 7.40. The minimum Gasteiger partial charge on any atom is -0.466 e. The molecule has 1 aliphatic rings. The zero-order valence-electron chi connectivity index (χ0n) is 12.9. The molecule has 0 saturated heterocycles. The lowest BCUT2D eigenvalue weighted by atomic mass is 9.68. The Morgan fingerprint density at radius 3 is 2.16 bits per heavy atom. The van der Waals surface area contributed by atoms with E-state index < -0.39 is 0 Å². The van der Waals surface area contributed by atoms with Crippen LogP contribution in [0.15, 0.2) is 15.3 Å². The normalized spacial score (nSPS) is 24.5. The first-order chi connectivity index (χ1) is 8.79. The lowest BCUT2D eigenvalue weighted by Gasteiger charge is -2.37. The summed E-state index contributed by atoms with van der Waals surface area (Å²) in [6, 6.07) is 1.64. The molecule has 1 aromatic heterocycles. The van der Waals surface area contributed by atoms with Gasteiger partial charge in [0, 0.05) is 11.6 Å². The molecule has 0 atom stereocenters. The molecule has 19 heavy (non-hydrogen) atoms. The maximum absolute atomic E-state index is 12.2. The minimum atomic E-state index is 0.167. The van der Waals surface area contributed by atoms with Crippen molar-refractivity contribution >= 4 is 0 Å². The van der Waals surface area contributed by atoms with E-state index in [0.717, 1.165) is 35.8 Å². The van der Waals surface area contributed by atoms with Crippen molar-refractivity contribution in [3.8, 4) is 0 Å². The van der Waals surface area contributed by atoms with Crippen molar-refractivity contribution in [1.29, 1.82) is 0 Å². The molecule has 0 N–H and O–H groups in total. The maximum atomic E-state index is 12.2. The Kier molecular flexibility index (Phi) is 3.89. The summed E-state index contributed by atoms with van der Waals surface area (Å²) in [4.78, 5) is 12.2. The summed E-state index contributed by atoms with van der Waals surface area (Å²) in [5.41, 5.74) is 1.48. The van der Waals surface area contributed by atoms with E-state index in [-0.39, 0.29) is 5.43 Å². The molecule has 2 heteroatoms. The highest BCUT2D eigenvalue weighted by molar-refractivity contribution is 5.23. The highest BCUT2D eigenvalue weighted by Crippen LogP contribution is 2.43. The van der Waals surface area contributed by atoms with Crippen LogP contribution >= 0.6 is 0 Å². The number of aryl methyl sites for hydroxylation is 2. The molecular weight excluding hydrogens is 236 g/mol. The Morgan fingerprint density at radius 2 is 1.68 bits per heavy atom. The summed E-state index contributed by atoms with van der Waals surface area (Å²) in [6.45, 7) is 10.7. The molecule has 2 rings (SSSR count). The number of hydrogen-bond acceptors (Lipinski definition) is 2. The Balaban J connectivity index is 2.17. The summed E-state index contributed by atoms with van der Waals surface area (Å²) >= 11 is 0. The lowest BCUT2D eigenvalue weighted by molar-refractivity contribution is 0.168. The van der Waals surface area contributed by atoms with Gasteiger partial charge in [-0.2, -0.15) is 0 Å². The van der Waals surface area contributed by atoms with Crippen LogP contribution < -0.4 is 5.43 Å². The minimum absolute atomic E-state index is 0.167. The average molecular weight is 262 g/mol. The molecule has 0 unspecified atom stereocenters. The molecular formula is C17H26O2. The van der Waals surface area contributed by atoms with Crippen LogP contribution in [0.1, 0.15) is 69.5 Å². The van der Waals surface area contributed by atoms with Gasteiger partial charge in [-0.05, 0) is 56.8 Å². The van der Waals surface area contributed by atoms with Crippen molar-refractivity contribution in [2.45, 2.75) is 66.2 Å². The van der Waals surface area contributed by atoms with Crippen molar-refractivity contribution in [3.05, 3.63) is 33.4 Å². The summed E-state index contributed by atoms with van der Waals surface area (Å²) in [5, 5.41) is 0. The first-order valence-electron chi connectivity index (χ1n) is 7.40. The van der Waals surface area contributed by atoms with Gasteiger partial charge in [-0.3, -0.25) is 4.79 Å². The van der Waals surface area contributed by atoms with Crippen LogP contribution in [0.3, 0.4) is 0 Å². The van der Waals surface area contributed by atoms with Crippen LogP contribution in [-0.2, 0) is 0 Å². The van der Waals surface area contributed by atoms with Crippen LogP contribution in [0.2, 0.25) is 0 Å². The topological polar surface area (TPSA) is 30.2 Å². The quantitative estimate of drug-likeness (QED) is 0.741. The van der Waals surface area contributed by atoms with Gasteiger partial charge in [0.05, 0.1) is 0 Å². The third-order valence-corrected chi connectivity index (χ3v) is 4.65. The predicted octanol–water partition coefficient (Wildman–Crippen LogP) is 4.58. The second kappa shape index (κ2) is 5.15. The molecule has 0 spiro atoms. The monoisotopic (exact) mass is 262 g/mol. The zero-order chi connectivity index (χ0) is 14.2. The third kappa shape index (κ3) is 3.10. The van der Waals surface area contributed by atoms with E-state index in [1.807, 2.05) is 13.8 Å². The van der Waals surface area contributed by atoms with Crippen LogP contribution in [-0.4, -0.2) is 0 Å². The molecule has 0 radical (unpaired) electrons. The fraction of sp³-hybridized carbons (Fsp3) is 0.706. The highest BCUT2D eigenvalue weighted by atomic mass is 16.3. The van der Waals surface area contributed by atoms with E-state index in [1.54, 1.807) is 6.07 Å². The van der Waals surface area contributed by atoms with Crippen molar-refractivity contribution in [2.75, 3.05) is 0 Å². The molecule has 1 aromatic rings. The molecule has 1 aliphatic carbocycles. The fourth-order valence-corrected chi connectivity index (χ4v) is 3.50. The van der Waals surface area contributed by atoms with Gasteiger partial charge >= 0.3 is 0 Å². The average Bonchev–Trinajstić information content (AvgIpc) is 2.27. The Hall–Kier alpha value is -1.05. The van der Waals surface area contributed by atoms with Gasteiger partial charge in [-0.15, -0.1) is 0 Å². The number of rotatable bonds is 1. The Labute approximate surface area is 116 Å². The summed E-state index contributed by atoms with van der Waals surface area (Å²) < 4.78 is 5.64. The largest absolute Gasteiger partial charge is 0.466 e. The lowest BCUT2D eigenvalue weighted by Crippen LogP contribution is -2.27. The van der Waals surface area contributed by atoms with Crippen LogP contribution in [0.5, 0.6) is 0 Å². The van der Waals surface area contributed by atoms with E-state index in [4.69, 9.17) is 4.42 Å². The third-order valence-electron chi connectivity index (χ3n) is 4.65. The van der Waals surface area contributed by atoms with Gasteiger partial charge in [0.15, 0.2) is 5.43 Å². The van der Waals surface area contributed by atoms with Crippen molar-refractivity contribution in [2.24, 2.45) is 11.3 Å². The molecule has 1 saturated carbocycles. The smallest absolute Gasteiger partial charge is 0.188 e. The van der Waals surface area contributed by atoms with Crippen LogP contribution in [0, 0.1) is 25.2 Å². The van der Waals surface area contributed by atoms with Gasteiger partial charge in [0.2, 0.25) is 0 Å². The Morgan fingerprint density at radius 1 is 1.11 bits per heavy atom. The molecule has 0 aliphatic heterocycles. The van der Waals surface area contributed by atoms with Crippen LogP contribution in [0.25, 0.3) is 0 Å². The summed E-state index contributed by atoms with van der Waals surface area (Å²) in [5.74, 6) is 2.72. The van der Waals surface area contributed by atoms with E-state index in [0.29, 0.717) is 11.3 Å². The number of hydrogen-bond donors (Lipinski definition) is 0. The van der Waals surface area contributed by atoms with Gasteiger partial charge in [-0.1, -0.05) is 20.8 Å². The molecule has 1 fully saturated rings. The molecule has 0 bridgehead atoms. The van der Waals surface area contributed by atoms with Gasteiger partial charge in [-0.25, -0.2) is 0 Å². The van der Waals surface area contributed by atoms with Gasteiger partial charge in [0.1, 0.15) is 11.5 Å². The van der Waals surface area contributed by atoms with E-state index in [9.17, 15) is 4.79 Å². The van der Waals surface area contributed by atoms with E-state index in [1.165, 1.54) is 12.8 Å². The predicted molar refractivity (Wildman–Crippen MR) is 78.6 cm³/mol. The van der Waals surface area contributed by atoms with Crippen LogP contribution in [0.4, 0.5) is 0 Å². The maximum Gasteiger partial charge on any atom is 0.188 e. The van der Waals surface area contributed by atoms with E-state index >= 15 is 0 Å². The second-order valence-electron chi connectivity index (χ2n) is 7.11. The summed E-state index contributed by atoms with van der Waals surface area (Å²) in [6.07, 6.45) is 4.69. The molecule has 0 amide bonds. The van der Waals surface area contributed by atoms with Crippen molar-refractivity contribution in [1.82, 2.24) is 0 Å². The van der Waals surface area contributed by atoms with E-state index in [2.05, 4.69) is 20.8 Å². The highest BCUT2D eigenvalue weighted by Gasteiger charge is 2.31. The molecule has 0 aromatic carbocycles. The molecule has 2 nitrogen and oxygen atoms in total. The molecule has 106 valence electrons. The standard InChI is InChI=1S/C17H26O2/c1-11-10-15(18)16(12(2)19-11)13-6-8-14(9-7-13)17(3,4)5/h10,13-14H,6-9H2,1-5H3. The van der Waals surface area contributed by atoms with Crippen molar-refractivity contribution in [3.63, 3.8) is 0 Å². The van der Waals surface area contributed by atoms with Gasteiger partial charge in [0.25, 0.3) is 0 Å². The second-order valence-corrected chi connectivity index (χ2v) is 7.11. The molecule has 1 heterocycles.